The fourth-order valence-electron chi connectivity index (χ4n) is 3.26. The number of hydrogen-bond acceptors (Lipinski definition) is 5. The van der Waals surface area contributed by atoms with Gasteiger partial charge in [-0.25, -0.2) is 4.98 Å². The summed E-state index contributed by atoms with van der Waals surface area (Å²) >= 11 is 0. The predicted octanol–water partition coefficient (Wildman–Crippen LogP) is 0.158. The lowest BCUT2D eigenvalue weighted by atomic mass is 10.1. The lowest BCUT2D eigenvalue weighted by Gasteiger charge is -2.25. The number of aryl methyl sites for hydroxylation is 1. The van der Waals surface area contributed by atoms with Gasteiger partial charge in [0, 0.05) is 32.2 Å². The Labute approximate surface area is 139 Å². The van der Waals surface area contributed by atoms with E-state index in [1.54, 1.807) is 11.7 Å². The second kappa shape index (κ2) is 6.01. The highest BCUT2D eigenvalue weighted by atomic mass is 16.5. The summed E-state index contributed by atoms with van der Waals surface area (Å²) in [4.78, 5) is 31.4. The lowest BCUT2D eigenvalue weighted by Crippen LogP contribution is -2.41. The number of ether oxygens (including phenoxy) is 1. The Bertz CT molecular complexity index is 817. The van der Waals surface area contributed by atoms with Crippen LogP contribution in [0, 0.1) is 5.92 Å². The molecule has 1 aliphatic carbocycles. The van der Waals surface area contributed by atoms with Crippen LogP contribution in [0.1, 0.15) is 19.3 Å². The Balaban J connectivity index is 1.53. The number of hydrogen-bond donors (Lipinski definition) is 0. The van der Waals surface area contributed by atoms with Crippen LogP contribution in [0.3, 0.4) is 0 Å². The highest BCUT2D eigenvalue weighted by Crippen LogP contribution is 2.29. The molecule has 0 N–H and O–H groups in total. The van der Waals surface area contributed by atoms with Crippen molar-refractivity contribution in [1.29, 1.82) is 0 Å². The summed E-state index contributed by atoms with van der Waals surface area (Å²) in [7, 11) is 1.74. The van der Waals surface area contributed by atoms with Gasteiger partial charge in [0.05, 0.1) is 12.8 Å². The zero-order valence-electron chi connectivity index (χ0n) is 13.7. The number of carbonyl (C=O) groups excluding carboxylic acids is 1. The minimum Gasteiger partial charge on any atom is -0.381 e. The average Bonchev–Trinajstić information content (AvgIpc) is 3.14. The summed E-state index contributed by atoms with van der Waals surface area (Å²) in [5.41, 5.74) is 0.312. The molecule has 2 aromatic rings. The first-order valence-electron chi connectivity index (χ1n) is 8.38. The van der Waals surface area contributed by atoms with E-state index in [0.29, 0.717) is 23.0 Å². The number of nitrogens with zero attached hydrogens (tertiary/aromatic N) is 5. The molecule has 8 nitrogen and oxygen atoms in total. The van der Waals surface area contributed by atoms with Gasteiger partial charge >= 0.3 is 0 Å². The molecule has 24 heavy (non-hydrogen) atoms. The molecule has 2 aliphatic rings. The van der Waals surface area contributed by atoms with Crippen LogP contribution in [-0.4, -0.2) is 55.9 Å². The van der Waals surface area contributed by atoms with Crippen molar-refractivity contribution in [2.75, 3.05) is 19.8 Å². The molecule has 0 unspecified atom stereocenters. The van der Waals surface area contributed by atoms with E-state index >= 15 is 0 Å². The Hall–Kier alpha value is -2.22. The van der Waals surface area contributed by atoms with Crippen LogP contribution >= 0.6 is 0 Å². The summed E-state index contributed by atoms with van der Waals surface area (Å²) in [5, 5.41) is 4.49. The Morgan fingerprint density at radius 1 is 1.42 bits per heavy atom. The first-order valence-corrected chi connectivity index (χ1v) is 8.38. The van der Waals surface area contributed by atoms with E-state index in [1.165, 1.54) is 17.1 Å². The maximum Gasteiger partial charge on any atom is 0.264 e. The molecule has 0 radical (unpaired) electrons. The van der Waals surface area contributed by atoms with Crippen molar-refractivity contribution in [2.24, 2.45) is 13.0 Å². The van der Waals surface area contributed by atoms with Crippen molar-refractivity contribution in [3.05, 3.63) is 22.9 Å². The van der Waals surface area contributed by atoms with E-state index in [9.17, 15) is 9.59 Å². The quantitative estimate of drug-likeness (QED) is 0.779. The summed E-state index contributed by atoms with van der Waals surface area (Å²) in [6, 6.07) is 0.323. The largest absolute Gasteiger partial charge is 0.381 e. The second-order valence-corrected chi connectivity index (χ2v) is 6.69. The van der Waals surface area contributed by atoms with Crippen LogP contribution in [0.4, 0.5) is 0 Å². The normalized spacial score (nSPS) is 20.6. The highest BCUT2D eigenvalue weighted by molar-refractivity contribution is 5.78. The molecular formula is C16H21N5O3. The molecule has 1 aliphatic heterocycles. The maximum absolute atomic E-state index is 12.8. The van der Waals surface area contributed by atoms with Gasteiger partial charge in [0.2, 0.25) is 5.91 Å². The SMILES string of the molecule is Cn1ncc2c(=O)n(CC(=O)N(C[C@@H]3CCOC3)C3CC3)cnc21. The molecule has 3 heterocycles. The molecule has 0 bridgehead atoms. The Kier molecular flexibility index (Phi) is 3.84. The molecule has 0 aromatic carbocycles. The molecule has 1 saturated carbocycles. The van der Waals surface area contributed by atoms with Gasteiger partial charge in [-0.05, 0) is 19.3 Å². The monoisotopic (exact) mass is 331 g/mol. The van der Waals surface area contributed by atoms with Gasteiger partial charge in [0.15, 0.2) is 5.65 Å². The maximum atomic E-state index is 12.8. The van der Waals surface area contributed by atoms with Crippen molar-refractivity contribution >= 4 is 16.9 Å². The van der Waals surface area contributed by atoms with E-state index in [2.05, 4.69) is 10.1 Å². The van der Waals surface area contributed by atoms with Gasteiger partial charge in [-0.3, -0.25) is 18.8 Å². The van der Waals surface area contributed by atoms with Gasteiger partial charge in [-0.1, -0.05) is 0 Å². The van der Waals surface area contributed by atoms with Gasteiger partial charge < -0.3 is 9.64 Å². The van der Waals surface area contributed by atoms with Crippen molar-refractivity contribution in [3.8, 4) is 0 Å². The third kappa shape index (κ3) is 2.82. The number of carbonyl (C=O) groups is 1. The van der Waals surface area contributed by atoms with Crippen LogP contribution in [0.2, 0.25) is 0 Å². The van der Waals surface area contributed by atoms with E-state index < -0.39 is 0 Å². The van der Waals surface area contributed by atoms with Crippen molar-refractivity contribution in [3.63, 3.8) is 0 Å². The van der Waals surface area contributed by atoms with E-state index in [1.807, 2.05) is 4.90 Å². The van der Waals surface area contributed by atoms with E-state index in [-0.39, 0.29) is 18.0 Å². The minimum atomic E-state index is -0.221. The number of amides is 1. The van der Waals surface area contributed by atoms with Crippen LogP contribution in [0.25, 0.3) is 11.0 Å². The molecule has 8 heteroatoms. The second-order valence-electron chi connectivity index (χ2n) is 6.69. The van der Waals surface area contributed by atoms with Gasteiger partial charge in [-0.15, -0.1) is 0 Å². The number of fused-ring (bicyclic) bond motifs is 1. The van der Waals surface area contributed by atoms with Crippen LogP contribution in [-0.2, 0) is 23.1 Å². The van der Waals surface area contributed by atoms with Crippen LogP contribution in [0.5, 0.6) is 0 Å². The molecule has 4 rings (SSSR count). The van der Waals surface area contributed by atoms with Crippen molar-refractivity contribution < 1.29 is 9.53 Å². The molecule has 1 saturated heterocycles. The molecule has 1 amide bonds. The topological polar surface area (TPSA) is 82.2 Å². The zero-order valence-corrected chi connectivity index (χ0v) is 13.7. The van der Waals surface area contributed by atoms with E-state index in [0.717, 1.165) is 39.0 Å². The number of rotatable bonds is 5. The lowest BCUT2D eigenvalue weighted by molar-refractivity contribution is -0.133. The summed E-state index contributed by atoms with van der Waals surface area (Å²) in [5.74, 6) is 0.391. The third-order valence-corrected chi connectivity index (χ3v) is 4.81. The average molecular weight is 331 g/mol. The summed E-state index contributed by atoms with van der Waals surface area (Å²) in [6.45, 7) is 2.25. The smallest absolute Gasteiger partial charge is 0.264 e. The summed E-state index contributed by atoms with van der Waals surface area (Å²) in [6.07, 6.45) is 6.04. The first-order chi connectivity index (χ1) is 11.6. The van der Waals surface area contributed by atoms with E-state index in [4.69, 9.17) is 4.74 Å². The fraction of sp³-hybridized carbons (Fsp3) is 0.625. The van der Waals surface area contributed by atoms with Crippen LogP contribution in [0.15, 0.2) is 17.3 Å². The Morgan fingerprint density at radius 3 is 2.96 bits per heavy atom. The standard InChI is InChI=1S/C16H21N5O3/c1-19-15-13(6-18-19)16(23)20(10-17-15)8-14(22)21(12-2-3-12)7-11-4-5-24-9-11/h6,10-12H,2-5,7-9H2,1H3/t11-/m0/s1. The van der Waals surface area contributed by atoms with Gasteiger partial charge in [0.1, 0.15) is 18.3 Å². The summed E-state index contributed by atoms with van der Waals surface area (Å²) < 4.78 is 8.35. The molecular weight excluding hydrogens is 310 g/mol. The fourth-order valence-corrected chi connectivity index (χ4v) is 3.26. The van der Waals surface area contributed by atoms with Gasteiger partial charge in [-0.2, -0.15) is 5.10 Å². The zero-order chi connectivity index (χ0) is 16.7. The van der Waals surface area contributed by atoms with Crippen molar-refractivity contribution in [2.45, 2.75) is 31.8 Å². The predicted molar refractivity (Wildman–Crippen MR) is 86.4 cm³/mol. The Morgan fingerprint density at radius 2 is 2.25 bits per heavy atom. The number of aromatic nitrogens is 4. The first kappa shape index (κ1) is 15.3. The van der Waals surface area contributed by atoms with Crippen LogP contribution < -0.4 is 5.56 Å². The third-order valence-electron chi connectivity index (χ3n) is 4.81. The molecule has 1 atom stereocenters. The van der Waals surface area contributed by atoms with Gasteiger partial charge in [0.25, 0.3) is 5.56 Å². The molecule has 2 aromatic heterocycles. The molecule has 0 spiro atoms. The minimum absolute atomic E-state index is 0.0171. The molecule has 128 valence electrons. The highest BCUT2D eigenvalue weighted by Gasteiger charge is 2.34. The molecule has 2 fully saturated rings. The van der Waals surface area contributed by atoms with Crippen molar-refractivity contribution in [1.82, 2.24) is 24.2 Å².